The Labute approximate surface area is 108 Å². The highest BCUT2D eigenvalue weighted by atomic mass is 32.1. The number of rotatable bonds is 3. The van der Waals surface area contributed by atoms with Crippen LogP contribution >= 0.6 is 11.3 Å². The molecule has 18 heavy (non-hydrogen) atoms. The van der Waals surface area contributed by atoms with Crippen molar-refractivity contribution in [3.8, 4) is 0 Å². The SMILES string of the molecule is Cn1nccc1C(NN)c1cnc2ccsc2c1. The number of nitrogens with two attached hydrogens (primary N) is 1. The first-order valence-electron chi connectivity index (χ1n) is 5.57. The van der Waals surface area contributed by atoms with Crippen LogP contribution in [0.5, 0.6) is 0 Å². The van der Waals surface area contributed by atoms with Gasteiger partial charge in [0.2, 0.25) is 0 Å². The Hall–Kier alpha value is -1.76. The molecule has 5 nitrogen and oxygen atoms in total. The van der Waals surface area contributed by atoms with Gasteiger partial charge >= 0.3 is 0 Å². The number of pyridine rings is 1. The van der Waals surface area contributed by atoms with E-state index in [9.17, 15) is 0 Å². The second-order valence-corrected chi connectivity index (χ2v) is 5.00. The van der Waals surface area contributed by atoms with Gasteiger partial charge in [0.05, 0.1) is 22.0 Å². The van der Waals surface area contributed by atoms with Gasteiger partial charge in [0, 0.05) is 19.4 Å². The Kier molecular flexibility index (Phi) is 2.83. The summed E-state index contributed by atoms with van der Waals surface area (Å²) < 4.78 is 2.97. The van der Waals surface area contributed by atoms with E-state index in [4.69, 9.17) is 5.84 Å². The quantitative estimate of drug-likeness (QED) is 0.553. The van der Waals surface area contributed by atoms with Crippen molar-refractivity contribution >= 4 is 21.6 Å². The summed E-state index contributed by atoms with van der Waals surface area (Å²) in [6.07, 6.45) is 3.61. The Morgan fingerprint density at radius 1 is 1.44 bits per heavy atom. The van der Waals surface area contributed by atoms with Crippen LogP contribution in [0.25, 0.3) is 10.2 Å². The first-order valence-corrected chi connectivity index (χ1v) is 6.45. The van der Waals surface area contributed by atoms with E-state index in [1.165, 1.54) is 0 Å². The third kappa shape index (κ3) is 1.80. The molecule has 92 valence electrons. The Morgan fingerprint density at radius 2 is 2.33 bits per heavy atom. The molecule has 0 saturated carbocycles. The van der Waals surface area contributed by atoms with Crippen molar-refractivity contribution in [3.63, 3.8) is 0 Å². The molecule has 3 heterocycles. The molecule has 1 atom stereocenters. The summed E-state index contributed by atoms with van der Waals surface area (Å²) in [5, 5.41) is 6.20. The van der Waals surface area contributed by atoms with E-state index in [0.29, 0.717) is 0 Å². The van der Waals surface area contributed by atoms with E-state index < -0.39 is 0 Å². The first kappa shape index (κ1) is 11.3. The third-order valence-electron chi connectivity index (χ3n) is 2.98. The molecular formula is C12H13N5S. The molecule has 0 aliphatic heterocycles. The van der Waals surface area contributed by atoms with E-state index in [0.717, 1.165) is 21.5 Å². The summed E-state index contributed by atoms with van der Waals surface area (Å²) >= 11 is 1.68. The maximum absolute atomic E-state index is 5.67. The lowest BCUT2D eigenvalue weighted by molar-refractivity contribution is 0.574. The maximum atomic E-state index is 5.67. The molecule has 0 saturated heterocycles. The normalized spacial score (nSPS) is 13.0. The lowest BCUT2D eigenvalue weighted by Crippen LogP contribution is -2.30. The molecule has 0 radical (unpaired) electrons. The van der Waals surface area contributed by atoms with Gasteiger partial charge in [0.25, 0.3) is 0 Å². The number of aryl methyl sites for hydroxylation is 1. The van der Waals surface area contributed by atoms with Crippen LogP contribution in [-0.2, 0) is 7.05 Å². The van der Waals surface area contributed by atoms with Gasteiger partial charge in [0.15, 0.2) is 0 Å². The molecule has 3 rings (SSSR count). The molecule has 3 aromatic rings. The van der Waals surface area contributed by atoms with Crippen LogP contribution in [0.15, 0.2) is 36.0 Å². The van der Waals surface area contributed by atoms with Crippen LogP contribution < -0.4 is 11.3 Å². The van der Waals surface area contributed by atoms with Gasteiger partial charge in [-0.15, -0.1) is 11.3 Å². The van der Waals surface area contributed by atoms with Crippen LogP contribution in [-0.4, -0.2) is 14.8 Å². The van der Waals surface area contributed by atoms with Crippen molar-refractivity contribution in [2.24, 2.45) is 12.9 Å². The minimum atomic E-state index is -0.100. The molecule has 1 unspecified atom stereocenters. The standard InChI is InChI=1S/C12H13N5S/c1-17-10(2-4-15-17)12(16-13)8-6-11-9(14-7-8)3-5-18-11/h2-7,12,16H,13H2,1H3. The van der Waals surface area contributed by atoms with Gasteiger partial charge in [-0.1, -0.05) is 0 Å². The van der Waals surface area contributed by atoms with Crippen molar-refractivity contribution in [2.75, 3.05) is 0 Å². The predicted molar refractivity (Wildman–Crippen MR) is 72.0 cm³/mol. The van der Waals surface area contributed by atoms with E-state index in [2.05, 4.69) is 21.6 Å². The minimum Gasteiger partial charge on any atom is -0.271 e. The van der Waals surface area contributed by atoms with Gasteiger partial charge in [-0.2, -0.15) is 5.10 Å². The fourth-order valence-corrected chi connectivity index (χ4v) is 2.83. The lowest BCUT2D eigenvalue weighted by atomic mass is 10.1. The van der Waals surface area contributed by atoms with Gasteiger partial charge in [-0.05, 0) is 29.1 Å². The highest BCUT2D eigenvalue weighted by molar-refractivity contribution is 7.17. The van der Waals surface area contributed by atoms with Crippen LogP contribution in [0.4, 0.5) is 0 Å². The molecule has 0 amide bonds. The number of aromatic nitrogens is 3. The van der Waals surface area contributed by atoms with Crippen molar-refractivity contribution < 1.29 is 0 Å². The monoisotopic (exact) mass is 259 g/mol. The molecule has 3 aromatic heterocycles. The van der Waals surface area contributed by atoms with Crippen LogP contribution in [0.1, 0.15) is 17.3 Å². The highest BCUT2D eigenvalue weighted by Crippen LogP contribution is 2.25. The molecule has 6 heteroatoms. The zero-order valence-electron chi connectivity index (χ0n) is 9.87. The van der Waals surface area contributed by atoms with Crippen molar-refractivity contribution in [3.05, 3.63) is 47.2 Å². The molecule has 0 spiro atoms. The highest BCUT2D eigenvalue weighted by Gasteiger charge is 2.16. The molecule has 3 N–H and O–H groups in total. The van der Waals surface area contributed by atoms with E-state index >= 15 is 0 Å². The zero-order chi connectivity index (χ0) is 12.5. The Bertz CT molecular complexity index is 672. The molecule has 0 bridgehead atoms. The average Bonchev–Trinajstić information content (AvgIpc) is 2.99. The minimum absolute atomic E-state index is 0.100. The lowest BCUT2D eigenvalue weighted by Gasteiger charge is -2.16. The van der Waals surface area contributed by atoms with Crippen molar-refractivity contribution in [1.29, 1.82) is 0 Å². The van der Waals surface area contributed by atoms with Crippen molar-refractivity contribution in [1.82, 2.24) is 20.2 Å². The number of hydrogen-bond donors (Lipinski definition) is 2. The number of fused-ring (bicyclic) bond motifs is 1. The zero-order valence-corrected chi connectivity index (χ0v) is 10.7. The summed E-state index contributed by atoms with van der Waals surface area (Å²) in [6, 6.07) is 5.98. The summed E-state index contributed by atoms with van der Waals surface area (Å²) in [6.45, 7) is 0. The number of hydrogen-bond acceptors (Lipinski definition) is 5. The fraction of sp³-hybridized carbons (Fsp3) is 0.167. The predicted octanol–water partition coefficient (Wildman–Crippen LogP) is 1.58. The van der Waals surface area contributed by atoms with Gasteiger partial charge in [0.1, 0.15) is 0 Å². The topological polar surface area (TPSA) is 68.8 Å². The molecule has 0 aliphatic carbocycles. The van der Waals surface area contributed by atoms with E-state index in [-0.39, 0.29) is 6.04 Å². The fourth-order valence-electron chi connectivity index (χ4n) is 2.04. The largest absolute Gasteiger partial charge is 0.271 e. The van der Waals surface area contributed by atoms with Gasteiger partial charge in [-0.3, -0.25) is 15.5 Å². The molecular weight excluding hydrogens is 246 g/mol. The molecule has 0 fully saturated rings. The van der Waals surface area contributed by atoms with Gasteiger partial charge in [-0.25, -0.2) is 5.43 Å². The maximum Gasteiger partial charge on any atom is 0.0893 e. The van der Waals surface area contributed by atoms with E-state index in [1.807, 2.05) is 35.4 Å². The number of hydrazine groups is 1. The Balaban J connectivity index is 2.08. The second kappa shape index (κ2) is 4.49. The number of nitrogens with one attached hydrogen (secondary N) is 1. The van der Waals surface area contributed by atoms with Gasteiger partial charge < -0.3 is 0 Å². The van der Waals surface area contributed by atoms with Crippen molar-refractivity contribution in [2.45, 2.75) is 6.04 Å². The molecule has 0 aromatic carbocycles. The average molecular weight is 259 g/mol. The summed E-state index contributed by atoms with van der Waals surface area (Å²) in [5.41, 5.74) is 5.89. The second-order valence-electron chi connectivity index (χ2n) is 4.05. The number of nitrogens with zero attached hydrogens (tertiary/aromatic N) is 3. The number of thiophene rings is 1. The van der Waals surface area contributed by atoms with Crippen LogP contribution in [0.3, 0.4) is 0 Å². The summed E-state index contributed by atoms with van der Waals surface area (Å²) in [7, 11) is 1.90. The molecule has 0 aliphatic rings. The Morgan fingerprint density at radius 3 is 3.06 bits per heavy atom. The van der Waals surface area contributed by atoms with Crippen LogP contribution in [0.2, 0.25) is 0 Å². The first-order chi connectivity index (χ1) is 8.79. The smallest absolute Gasteiger partial charge is 0.0893 e. The van der Waals surface area contributed by atoms with Crippen LogP contribution in [0, 0.1) is 0 Å². The third-order valence-corrected chi connectivity index (χ3v) is 3.83. The summed E-state index contributed by atoms with van der Waals surface area (Å²) in [5.74, 6) is 5.67. The van der Waals surface area contributed by atoms with E-state index in [1.54, 1.807) is 17.5 Å². The summed E-state index contributed by atoms with van der Waals surface area (Å²) in [4.78, 5) is 4.43.